The van der Waals surface area contributed by atoms with E-state index in [1.807, 2.05) is 0 Å². The molecule has 96 valence electrons. The van der Waals surface area contributed by atoms with Crippen molar-refractivity contribution in [2.24, 2.45) is 5.92 Å². The molecule has 0 bridgehead atoms. The third-order valence-electron chi connectivity index (χ3n) is 4.20. The molecule has 1 N–H and O–H groups in total. The Morgan fingerprint density at radius 1 is 1.24 bits per heavy atom. The first-order chi connectivity index (χ1) is 8.09. The van der Waals surface area contributed by atoms with Crippen molar-refractivity contribution in [1.82, 2.24) is 10.2 Å². The summed E-state index contributed by atoms with van der Waals surface area (Å²) in [6, 6.07) is 0.0491. The molecule has 4 heteroatoms. The molecule has 2 rings (SSSR count). The molecule has 2 aliphatic rings. The summed E-state index contributed by atoms with van der Waals surface area (Å²) in [7, 11) is 1.57. The lowest BCUT2D eigenvalue weighted by Crippen LogP contribution is -2.45. The highest BCUT2D eigenvalue weighted by Gasteiger charge is 2.37. The maximum absolute atomic E-state index is 11.8. The van der Waals surface area contributed by atoms with Crippen LogP contribution in [0.1, 0.15) is 45.4 Å². The van der Waals surface area contributed by atoms with Gasteiger partial charge in [0, 0.05) is 13.1 Å². The first-order valence-corrected chi connectivity index (χ1v) is 6.66. The van der Waals surface area contributed by atoms with E-state index in [0.717, 1.165) is 0 Å². The number of likely N-dealkylation sites (tertiary alicyclic amines) is 1. The molecule has 1 heterocycles. The number of imide groups is 1. The van der Waals surface area contributed by atoms with Crippen LogP contribution in [0.5, 0.6) is 0 Å². The first-order valence-electron chi connectivity index (χ1n) is 6.66. The Bertz CT molecular complexity index is 311. The predicted octanol–water partition coefficient (Wildman–Crippen LogP) is 1.30. The second kappa shape index (κ2) is 5.17. The van der Waals surface area contributed by atoms with Gasteiger partial charge in [-0.2, -0.15) is 0 Å². The summed E-state index contributed by atoms with van der Waals surface area (Å²) < 4.78 is 0. The zero-order valence-electron chi connectivity index (χ0n) is 10.7. The van der Waals surface area contributed by atoms with Gasteiger partial charge in [0.1, 0.15) is 0 Å². The predicted molar refractivity (Wildman–Crippen MR) is 65.4 cm³/mol. The monoisotopic (exact) mass is 238 g/mol. The molecule has 0 radical (unpaired) electrons. The largest absolute Gasteiger partial charge is 0.303 e. The second-order valence-corrected chi connectivity index (χ2v) is 5.40. The Morgan fingerprint density at radius 3 is 2.41 bits per heavy atom. The van der Waals surface area contributed by atoms with Gasteiger partial charge in [-0.05, 0) is 25.7 Å². The van der Waals surface area contributed by atoms with Gasteiger partial charge in [-0.3, -0.25) is 14.5 Å². The van der Waals surface area contributed by atoms with E-state index < -0.39 is 0 Å². The summed E-state index contributed by atoms with van der Waals surface area (Å²) in [6.45, 7) is 2.14. The molecular weight excluding hydrogens is 216 g/mol. The van der Waals surface area contributed by atoms with Crippen molar-refractivity contribution in [3.8, 4) is 0 Å². The van der Waals surface area contributed by atoms with Crippen LogP contribution in [-0.4, -0.2) is 35.8 Å². The van der Waals surface area contributed by atoms with Gasteiger partial charge in [0.2, 0.25) is 11.8 Å². The number of hydrogen-bond donors (Lipinski definition) is 1. The number of carbonyl (C=O) groups is 2. The van der Waals surface area contributed by atoms with Crippen LogP contribution in [0.15, 0.2) is 0 Å². The van der Waals surface area contributed by atoms with Gasteiger partial charge in [0.25, 0.3) is 0 Å². The van der Waals surface area contributed by atoms with Crippen LogP contribution in [0.2, 0.25) is 0 Å². The molecule has 0 aromatic carbocycles. The molecule has 1 aliphatic carbocycles. The van der Waals surface area contributed by atoms with Crippen molar-refractivity contribution in [2.45, 2.75) is 57.5 Å². The molecule has 1 aliphatic heterocycles. The number of nitrogens with one attached hydrogen (secondary N) is 1. The number of carbonyl (C=O) groups excluding carboxylic acids is 2. The summed E-state index contributed by atoms with van der Waals surface area (Å²) in [5.41, 5.74) is 0. The SMILES string of the molecule is C[C@@H](NC1CC(=O)N(C)C1=O)C1CCCCC1. The van der Waals surface area contributed by atoms with Crippen LogP contribution in [0.4, 0.5) is 0 Å². The molecule has 2 amide bonds. The Labute approximate surface area is 103 Å². The van der Waals surface area contributed by atoms with Crippen LogP contribution in [-0.2, 0) is 9.59 Å². The van der Waals surface area contributed by atoms with E-state index in [2.05, 4.69) is 12.2 Å². The average Bonchev–Trinajstić information content (AvgIpc) is 2.58. The summed E-state index contributed by atoms with van der Waals surface area (Å²) in [6.07, 6.45) is 6.76. The maximum Gasteiger partial charge on any atom is 0.246 e. The molecule has 2 atom stereocenters. The molecule has 0 aromatic rings. The summed E-state index contributed by atoms with van der Waals surface area (Å²) in [5.74, 6) is 0.526. The van der Waals surface area contributed by atoms with E-state index in [4.69, 9.17) is 0 Å². The maximum atomic E-state index is 11.8. The van der Waals surface area contributed by atoms with E-state index in [9.17, 15) is 9.59 Å². The Morgan fingerprint density at radius 2 is 1.88 bits per heavy atom. The number of hydrogen-bond acceptors (Lipinski definition) is 3. The standard InChI is InChI=1S/C13H22N2O2/c1-9(10-6-4-3-5-7-10)14-11-8-12(16)15(2)13(11)17/h9-11,14H,3-8H2,1-2H3/t9-,11?/m1/s1. The van der Waals surface area contributed by atoms with Crippen molar-refractivity contribution >= 4 is 11.8 Å². The summed E-state index contributed by atoms with van der Waals surface area (Å²) in [4.78, 5) is 24.4. The molecule has 0 aromatic heterocycles. The molecule has 1 unspecified atom stereocenters. The summed E-state index contributed by atoms with van der Waals surface area (Å²) in [5, 5.41) is 3.35. The highest BCUT2D eigenvalue weighted by molar-refractivity contribution is 6.05. The number of rotatable bonds is 3. The smallest absolute Gasteiger partial charge is 0.246 e. The van der Waals surface area contributed by atoms with Crippen LogP contribution < -0.4 is 5.32 Å². The normalized spacial score (nSPS) is 28.8. The van der Waals surface area contributed by atoms with Gasteiger partial charge in [-0.15, -0.1) is 0 Å². The highest BCUT2D eigenvalue weighted by atomic mass is 16.2. The zero-order valence-corrected chi connectivity index (χ0v) is 10.7. The fraction of sp³-hybridized carbons (Fsp3) is 0.846. The molecule has 2 fully saturated rings. The van der Waals surface area contributed by atoms with Crippen molar-refractivity contribution in [2.75, 3.05) is 7.05 Å². The van der Waals surface area contributed by atoms with Crippen LogP contribution in [0.25, 0.3) is 0 Å². The number of amides is 2. The topological polar surface area (TPSA) is 49.4 Å². The Kier molecular flexibility index (Phi) is 3.82. The Balaban J connectivity index is 1.88. The molecule has 1 saturated heterocycles. The van der Waals surface area contributed by atoms with E-state index in [0.29, 0.717) is 18.4 Å². The first kappa shape index (κ1) is 12.6. The minimum Gasteiger partial charge on any atom is -0.303 e. The van der Waals surface area contributed by atoms with Crippen molar-refractivity contribution < 1.29 is 9.59 Å². The minimum absolute atomic E-state index is 0.0663. The molecular formula is C13H22N2O2. The zero-order chi connectivity index (χ0) is 12.4. The lowest BCUT2D eigenvalue weighted by molar-refractivity contribution is -0.137. The van der Waals surface area contributed by atoms with E-state index >= 15 is 0 Å². The fourth-order valence-electron chi connectivity index (χ4n) is 2.97. The second-order valence-electron chi connectivity index (χ2n) is 5.40. The van der Waals surface area contributed by atoms with E-state index in [-0.39, 0.29) is 17.9 Å². The van der Waals surface area contributed by atoms with Crippen molar-refractivity contribution in [1.29, 1.82) is 0 Å². The van der Waals surface area contributed by atoms with Crippen LogP contribution in [0, 0.1) is 5.92 Å². The van der Waals surface area contributed by atoms with Crippen LogP contribution >= 0.6 is 0 Å². The molecule has 17 heavy (non-hydrogen) atoms. The van der Waals surface area contributed by atoms with Crippen LogP contribution in [0.3, 0.4) is 0 Å². The Hall–Kier alpha value is -0.900. The molecule has 4 nitrogen and oxygen atoms in total. The minimum atomic E-state index is -0.288. The van der Waals surface area contributed by atoms with Gasteiger partial charge >= 0.3 is 0 Å². The summed E-state index contributed by atoms with van der Waals surface area (Å²) >= 11 is 0. The van der Waals surface area contributed by atoms with Gasteiger partial charge in [-0.1, -0.05) is 19.3 Å². The van der Waals surface area contributed by atoms with Crippen molar-refractivity contribution in [3.63, 3.8) is 0 Å². The van der Waals surface area contributed by atoms with Gasteiger partial charge in [-0.25, -0.2) is 0 Å². The van der Waals surface area contributed by atoms with Gasteiger partial charge in [0.05, 0.1) is 12.5 Å². The average molecular weight is 238 g/mol. The van der Waals surface area contributed by atoms with E-state index in [1.165, 1.54) is 37.0 Å². The fourth-order valence-corrected chi connectivity index (χ4v) is 2.97. The van der Waals surface area contributed by atoms with Crippen molar-refractivity contribution in [3.05, 3.63) is 0 Å². The number of likely N-dealkylation sites (N-methyl/N-ethyl adjacent to an activating group) is 1. The quantitative estimate of drug-likeness (QED) is 0.754. The third-order valence-corrected chi connectivity index (χ3v) is 4.20. The van der Waals surface area contributed by atoms with E-state index in [1.54, 1.807) is 7.05 Å². The molecule has 1 saturated carbocycles. The number of nitrogens with zero attached hydrogens (tertiary/aromatic N) is 1. The van der Waals surface area contributed by atoms with Gasteiger partial charge in [0.15, 0.2) is 0 Å². The van der Waals surface area contributed by atoms with Gasteiger partial charge < -0.3 is 5.32 Å². The lowest BCUT2D eigenvalue weighted by Gasteiger charge is -2.29. The highest BCUT2D eigenvalue weighted by Crippen LogP contribution is 2.27. The lowest BCUT2D eigenvalue weighted by atomic mass is 9.84. The third kappa shape index (κ3) is 2.68. The molecule has 0 spiro atoms.